The number of ether oxygens (including phenoxy) is 1. The normalized spacial score (nSPS) is 24.0. The fraction of sp³-hybridized carbons (Fsp3) is 0.607. The van der Waals surface area contributed by atoms with Gasteiger partial charge in [-0.05, 0) is 36.1 Å². The first-order chi connectivity index (χ1) is 17.7. The molecule has 4 rings (SSSR count). The molecule has 1 aromatic rings. The van der Waals surface area contributed by atoms with Crippen LogP contribution in [-0.2, 0) is 19.2 Å². The van der Waals surface area contributed by atoms with Crippen molar-refractivity contribution in [2.45, 2.75) is 52.5 Å². The number of benzene rings is 1. The summed E-state index contributed by atoms with van der Waals surface area (Å²) in [5, 5.41) is 0. The maximum absolute atomic E-state index is 13.2. The van der Waals surface area contributed by atoms with Crippen LogP contribution in [0.3, 0.4) is 0 Å². The van der Waals surface area contributed by atoms with Crippen LogP contribution in [0.4, 0.5) is 5.69 Å². The van der Waals surface area contributed by atoms with Gasteiger partial charge in [-0.3, -0.25) is 34.0 Å². The standard InChI is InChI=1S/C28H38N4O5/c1-4-15-37-21-7-5-20(6-8-21)32-26(35)16-23(27(32)36)31-13-11-30(12-14-31)10-9-29-19-22-24(33)17-28(2,3)18-25(22)34/h5-8,19,22-23H,4,9-18H2,1-3H3/t23-/m1/s1. The monoisotopic (exact) mass is 510 g/mol. The second-order valence-electron chi connectivity index (χ2n) is 11.0. The van der Waals surface area contributed by atoms with Crippen molar-refractivity contribution in [3.63, 3.8) is 0 Å². The van der Waals surface area contributed by atoms with Gasteiger partial charge in [0.1, 0.15) is 23.2 Å². The Morgan fingerprint density at radius 3 is 2.27 bits per heavy atom. The number of hydrogen-bond donors (Lipinski definition) is 0. The molecule has 0 radical (unpaired) electrons. The molecule has 9 nitrogen and oxygen atoms in total. The fourth-order valence-electron chi connectivity index (χ4n) is 5.33. The summed E-state index contributed by atoms with van der Waals surface area (Å²) < 4.78 is 5.60. The zero-order chi connectivity index (χ0) is 26.6. The van der Waals surface area contributed by atoms with Gasteiger partial charge >= 0.3 is 0 Å². The minimum atomic E-state index is -0.696. The fourth-order valence-corrected chi connectivity index (χ4v) is 5.33. The SMILES string of the molecule is CCCOc1ccc(N2C(=O)C[C@@H](N3CCN(CCN=CC4C(=O)CC(C)(C)CC4=O)CC3)C2=O)cc1. The summed E-state index contributed by atoms with van der Waals surface area (Å²) >= 11 is 0. The minimum Gasteiger partial charge on any atom is -0.494 e. The molecule has 1 atom stereocenters. The average molecular weight is 511 g/mol. The number of nitrogens with zero attached hydrogens (tertiary/aromatic N) is 4. The van der Waals surface area contributed by atoms with Gasteiger partial charge in [-0.1, -0.05) is 20.8 Å². The van der Waals surface area contributed by atoms with E-state index in [1.807, 2.05) is 20.8 Å². The van der Waals surface area contributed by atoms with Crippen molar-refractivity contribution in [3.8, 4) is 5.75 Å². The van der Waals surface area contributed by atoms with Crippen LogP contribution in [0, 0.1) is 11.3 Å². The lowest BCUT2D eigenvalue weighted by atomic mass is 9.72. The van der Waals surface area contributed by atoms with E-state index in [1.54, 1.807) is 24.3 Å². The summed E-state index contributed by atoms with van der Waals surface area (Å²) in [7, 11) is 0. The van der Waals surface area contributed by atoms with Crippen LogP contribution >= 0.6 is 0 Å². The number of rotatable bonds is 9. The van der Waals surface area contributed by atoms with Gasteiger partial charge < -0.3 is 4.74 Å². The molecular formula is C28H38N4O5. The van der Waals surface area contributed by atoms with Crippen molar-refractivity contribution in [2.75, 3.05) is 50.8 Å². The van der Waals surface area contributed by atoms with Crippen LogP contribution in [0.5, 0.6) is 5.75 Å². The molecule has 0 unspecified atom stereocenters. The number of anilines is 1. The number of imide groups is 1. The van der Waals surface area contributed by atoms with Gasteiger partial charge in [-0.15, -0.1) is 0 Å². The highest BCUT2D eigenvalue weighted by Crippen LogP contribution is 2.33. The topological polar surface area (TPSA) is 99.6 Å². The zero-order valence-electron chi connectivity index (χ0n) is 22.1. The highest BCUT2D eigenvalue weighted by molar-refractivity contribution is 6.22. The molecule has 1 saturated carbocycles. The van der Waals surface area contributed by atoms with Gasteiger partial charge in [-0.2, -0.15) is 0 Å². The van der Waals surface area contributed by atoms with Crippen LogP contribution in [0.1, 0.15) is 46.5 Å². The van der Waals surface area contributed by atoms with Crippen LogP contribution < -0.4 is 9.64 Å². The van der Waals surface area contributed by atoms with E-state index in [-0.39, 0.29) is 35.2 Å². The Labute approximate surface area is 218 Å². The smallest absolute Gasteiger partial charge is 0.251 e. The largest absolute Gasteiger partial charge is 0.494 e. The molecule has 1 aliphatic carbocycles. The summed E-state index contributed by atoms with van der Waals surface area (Å²) in [6.45, 7) is 10.7. The van der Waals surface area contributed by atoms with Crippen molar-refractivity contribution >= 4 is 35.3 Å². The maximum Gasteiger partial charge on any atom is 0.251 e. The third kappa shape index (κ3) is 6.51. The average Bonchev–Trinajstić information content (AvgIpc) is 3.15. The van der Waals surface area contributed by atoms with E-state index in [1.165, 1.54) is 11.1 Å². The number of hydrogen-bond acceptors (Lipinski definition) is 8. The van der Waals surface area contributed by atoms with E-state index in [4.69, 9.17) is 4.74 Å². The molecule has 3 aliphatic rings. The van der Waals surface area contributed by atoms with E-state index in [2.05, 4.69) is 14.8 Å². The third-order valence-electron chi connectivity index (χ3n) is 7.34. The van der Waals surface area contributed by atoms with Crippen LogP contribution in [-0.4, -0.2) is 91.3 Å². The lowest BCUT2D eigenvalue weighted by Gasteiger charge is -2.36. The van der Waals surface area contributed by atoms with E-state index < -0.39 is 12.0 Å². The molecule has 3 fully saturated rings. The van der Waals surface area contributed by atoms with Crippen LogP contribution in [0.15, 0.2) is 29.3 Å². The summed E-state index contributed by atoms with van der Waals surface area (Å²) in [5.74, 6) is -0.394. The zero-order valence-corrected chi connectivity index (χ0v) is 22.1. The molecular weight excluding hydrogens is 472 g/mol. The molecule has 2 aliphatic heterocycles. The van der Waals surface area contributed by atoms with E-state index in [0.717, 1.165) is 31.8 Å². The van der Waals surface area contributed by atoms with Gasteiger partial charge in [0.2, 0.25) is 5.91 Å². The number of carbonyl (C=O) groups is 4. The molecule has 200 valence electrons. The molecule has 37 heavy (non-hydrogen) atoms. The number of aliphatic imine (C=N–C) groups is 1. The molecule has 9 heteroatoms. The van der Waals surface area contributed by atoms with Crippen molar-refractivity contribution in [1.82, 2.24) is 9.80 Å². The first kappa shape index (κ1) is 27.1. The maximum atomic E-state index is 13.2. The lowest BCUT2D eigenvalue weighted by Crippen LogP contribution is -2.52. The molecule has 1 aromatic carbocycles. The number of Topliss-reactive ketones (excluding diaryl/α,β-unsaturated/α-hetero) is 2. The minimum absolute atomic E-state index is 0.0378. The first-order valence-electron chi connectivity index (χ1n) is 13.3. The number of amides is 2. The predicted octanol–water partition coefficient (Wildman–Crippen LogP) is 2.37. The second kappa shape index (κ2) is 11.6. The number of piperazine rings is 1. The van der Waals surface area contributed by atoms with E-state index in [0.29, 0.717) is 44.8 Å². The first-order valence-corrected chi connectivity index (χ1v) is 13.3. The molecule has 2 amide bonds. The summed E-state index contributed by atoms with van der Waals surface area (Å²) in [6, 6.07) is 6.67. The predicted molar refractivity (Wildman–Crippen MR) is 141 cm³/mol. The Balaban J connectivity index is 1.23. The van der Waals surface area contributed by atoms with E-state index in [9.17, 15) is 19.2 Å². The summed E-state index contributed by atoms with van der Waals surface area (Å²) in [6.07, 6.45) is 3.47. The number of carbonyl (C=O) groups excluding carboxylic acids is 4. The second-order valence-corrected chi connectivity index (χ2v) is 11.0. The van der Waals surface area contributed by atoms with Gasteiger partial charge in [0, 0.05) is 51.8 Å². The Kier molecular flexibility index (Phi) is 8.54. The molecule has 2 heterocycles. The van der Waals surface area contributed by atoms with Gasteiger partial charge in [0.05, 0.1) is 31.3 Å². The van der Waals surface area contributed by atoms with Gasteiger partial charge in [-0.25, -0.2) is 4.90 Å². The molecule has 0 aromatic heterocycles. The molecule has 2 saturated heterocycles. The van der Waals surface area contributed by atoms with Crippen molar-refractivity contribution < 1.29 is 23.9 Å². The Hall–Kier alpha value is -2.91. The summed E-state index contributed by atoms with van der Waals surface area (Å²) in [5.41, 5.74) is 0.324. The Morgan fingerprint density at radius 2 is 1.65 bits per heavy atom. The van der Waals surface area contributed by atoms with Crippen LogP contribution in [0.2, 0.25) is 0 Å². The van der Waals surface area contributed by atoms with Crippen molar-refractivity contribution in [3.05, 3.63) is 24.3 Å². The Morgan fingerprint density at radius 1 is 1.00 bits per heavy atom. The molecule has 0 N–H and O–H groups in total. The van der Waals surface area contributed by atoms with Gasteiger partial charge in [0.15, 0.2) is 0 Å². The lowest BCUT2D eigenvalue weighted by molar-refractivity contribution is -0.136. The highest BCUT2D eigenvalue weighted by atomic mass is 16.5. The molecule has 0 bridgehead atoms. The highest BCUT2D eigenvalue weighted by Gasteiger charge is 2.43. The summed E-state index contributed by atoms with van der Waals surface area (Å²) in [4.78, 5) is 60.5. The van der Waals surface area contributed by atoms with Gasteiger partial charge in [0.25, 0.3) is 5.91 Å². The number of ketones is 2. The quantitative estimate of drug-likeness (QED) is 0.286. The third-order valence-corrected chi connectivity index (χ3v) is 7.34. The van der Waals surface area contributed by atoms with Crippen molar-refractivity contribution in [1.29, 1.82) is 0 Å². The van der Waals surface area contributed by atoms with Crippen molar-refractivity contribution in [2.24, 2.45) is 16.3 Å². The van der Waals surface area contributed by atoms with E-state index >= 15 is 0 Å². The Bertz CT molecular complexity index is 1020. The molecule has 0 spiro atoms. The van der Waals surface area contributed by atoms with Crippen LogP contribution in [0.25, 0.3) is 0 Å².